The summed E-state index contributed by atoms with van der Waals surface area (Å²) in [7, 11) is 0. The Bertz CT molecular complexity index is 423. The first-order valence-electron chi connectivity index (χ1n) is 3.99. The number of nitrogens with two attached hydrogens (primary N) is 3. The van der Waals surface area contributed by atoms with Gasteiger partial charge in [-0.15, -0.1) is 0 Å². The van der Waals surface area contributed by atoms with E-state index in [2.05, 4.69) is 9.98 Å². The van der Waals surface area contributed by atoms with Crippen molar-refractivity contribution < 1.29 is 9.98 Å². The highest BCUT2D eigenvalue weighted by Gasteiger charge is 2.06. The fourth-order valence-electron chi connectivity index (χ4n) is 0.932. The molecule has 0 amide bonds. The van der Waals surface area contributed by atoms with E-state index >= 15 is 0 Å². The molecule has 0 saturated heterocycles. The summed E-state index contributed by atoms with van der Waals surface area (Å²) in [5, 5.41) is 0.804. The number of benzene rings is 1. The molecule has 0 saturated carbocycles. The van der Waals surface area contributed by atoms with Gasteiger partial charge in [-0.1, -0.05) is 29.3 Å². The van der Waals surface area contributed by atoms with E-state index in [4.69, 9.17) is 40.4 Å². The summed E-state index contributed by atoms with van der Waals surface area (Å²) in [6.45, 7) is 0. The number of halogens is 2. The van der Waals surface area contributed by atoms with Crippen molar-refractivity contribution >= 4 is 40.8 Å². The Balaban J connectivity index is 3.09. The van der Waals surface area contributed by atoms with Crippen molar-refractivity contribution in [3.05, 3.63) is 28.2 Å². The molecule has 7 heteroatoms. The van der Waals surface area contributed by atoms with Gasteiger partial charge in [0.25, 0.3) is 0 Å². The minimum Gasteiger partial charge on any atom is -0.275 e. The van der Waals surface area contributed by atoms with Gasteiger partial charge in [-0.3, -0.25) is 17.2 Å². The van der Waals surface area contributed by atoms with Crippen molar-refractivity contribution in [3.8, 4) is 0 Å². The molecular weight excluding hydrogens is 237 g/mol. The molecule has 15 heavy (non-hydrogen) atoms. The monoisotopic (exact) mass is 247 g/mol. The smallest absolute Gasteiger partial charge is 0.275 e. The van der Waals surface area contributed by atoms with Crippen molar-refractivity contribution in [3.63, 3.8) is 0 Å². The highest BCUT2D eigenvalue weighted by molar-refractivity contribution is 6.43. The van der Waals surface area contributed by atoms with E-state index in [9.17, 15) is 0 Å². The Labute approximate surface area is 96.6 Å². The van der Waals surface area contributed by atoms with E-state index in [0.29, 0.717) is 15.7 Å². The molecule has 0 atom stereocenters. The Morgan fingerprint density at radius 3 is 2.40 bits per heavy atom. The van der Waals surface area contributed by atoms with Crippen LogP contribution in [0.1, 0.15) is 0 Å². The van der Waals surface area contributed by atoms with Gasteiger partial charge in [-0.2, -0.15) is 4.99 Å². The molecule has 0 radical (unpaired) electrons. The van der Waals surface area contributed by atoms with Crippen LogP contribution in [0.2, 0.25) is 10.0 Å². The van der Waals surface area contributed by atoms with E-state index in [-0.39, 0.29) is 11.9 Å². The fourth-order valence-corrected chi connectivity index (χ4v) is 1.28. The lowest BCUT2D eigenvalue weighted by atomic mass is 10.3. The standard InChI is InChI=1S/C8H9Cl2N5/c9-4-2-1-3-5(6(4)10)14-8(13)15-7(11)12/h1-3H,(H6,11,12,13,14,15)/p+2. The molecular formula is C8H11Cl2N5+2. The second kappa shape index (κ2) is 4.86. The lowest BCUT2D eigenvalue weighted by molar-refractivity contribution is -0.459. The normalized spacial score (nSPS) is 11.2. The van der Waals surface area contributed by atoms with E-state index < -0.39 is 0 Å². The number of guanidine groups is 2. The fraction of sp³-hybridized carbons (Fsp3) is 0. The topological polar surface area (TPSA) is 106 Å². The van der Waals surface area contributed by atoms with Crippen molar-refractivity contribution in [1.82, 2.24) is 0 Å². The number of rotatable bonds is 1. The van der Waals surface area contributed by atoms with Gasteiger partial charge in [0.2, 0.25) is 0 Å². The molecule has 1 aromatic carbocycles. The van der Waals surface area contributed by atoms with Gasteiger partial charge in [0.1, 0.15) is 10.7 Å². The summed E-state index contributed by atoms with van der Waals surface area (Å²) in [6.07, 6.45) is 0. The molecule has 5 nitrogen and oxygen atoms in total. The van der Waals surface area contributed by atoms with Crippen molar-refractivity contribution in [1.29, 1.82) is 0 Å². The van der Waals surface area contributed by atoms with Crippen LogP contribution >= 0.6 is 23.2 Å². The highest BCUT2D eigenvalue weighted by atomic mass is 35.5. The molecule has 0 aliphatic carbocycles. The maximum absolute atomic E-state index is 5.91. The first-order chi connectivity index (χ1) is 7.00. The average molecular weight is 248 g/mol. The summed E-state index contributed by atoms with van der Waals surface area (Å²) >= 11 is 11.7. The lowest BCUT2D eigenvalue weighted by Gasteiger charge is -1.97. The van der Waals surface area contributed by atoms with Crippen LogP contribution in [0.5, 0.6) is 0 Å². The average Bonchev–Trinajstić information content (AvgIpc) is 2.11. The Morgan fingerprint density at radius 2 is 1.80 bits per heavy atom. The molecule has 0 fully saturated rings. The van der Waals surface area contributed by atoms with E-state index in [0.717, 1.165) is 0 Å². The Kier molecular flexibility index (Phi) is 3.76. The van der Waals surface area contributed by atoms with Crippen LogP contribution in [0.15, 0.2) is 18.2 Å². The van der Waals surface area contributed by atoms with Crippen LogP contribution in [0.4, 0.5) is 5.69 Å². The second-order valence-corrected chi connectivity index (χ2v) is 3.51. The molecule has 0 spiro atoms. The quantitative estimate of drug-likeness (QED) is 0.277. The first-order valence-corrected chi connectivity index (χ1v) is 4.74. The Hall–Kier alpha value is -1.46. The summed E-state index contributed by atoms with van der Waals surface area (Å²) in [5.74, 6) is 0.150. The summed E-state index contributed by atoms with van der Waals surface area (Å²) in [5.41, 5.74) is 16.5. The molecule has 0 bridgehead atoms. The molecule has 1 rings (SSSR count). The summed E-state index contributed by atoms with van der Waals surface area (Å²) < 4.78 is 0. The number of nitrogens with one attached hydrogen (secondary N) is 2. The van der Waals surface area contributed by atoms with E-state index in [1.54, 1.807) is 18.2 Å². The number of hydrogen-bond acceptors (Lipinski definition) is 0. The largest absolute Gasteiger partial charge is 0.390 e. The van der Waals surface area contributed by atoms with Crippen molar-refractivity contribution in [2.45, 2.75) is 0 Å². The van der Waals surface area contributed by atoms with Crippen LogP contribution in [0, 0.1) is 0 Å². The molecule has 0 unspecified atom stereocenters. The van der Waals surface area contributed by atoms with Crippen LogP contribution in [-0.2, 0) is 0 Å². The van der Waals surface area contributed by atoms with Gasteiger partial charge in [-0.05, 0) is 12.1 Å². The highest BCUT2D eigenvalue weighted by Crippen LogP contribution is 2.25. The molecule has 8 N–H and O–H groups in total. The molecule has 80 valence electrons. The van der Waals surface area contributed by atoms with Gasteiger partial charge in [0.15, 0.2) is 0 Å². The maximum Gasteiger partial charge on any atom is 0.390 e. The summed E-state index contributed by atoms with van der Waals surface area (Å²) in [4.78, 5) is 5.26. The van der Waals surface area contributed by atoms with Crippen molar-refractivity contribution in [2.24, 2.45) is 17.2 Å². The third kappa shape index (κ3) is 3.30. The Morgan fingerprint density at radius 1 is 1.13 bits per heavy atom. The number of hydrogen-bond donors (Lipinski definition) is 5. The van der Waals surface area contributed by atoms with Crippen LogP contribution in [0.25, 0.3) is 0 Å². The predicted molar refractivity (Wildman–Crippen MR) is 60.6 cm³/mol. The predicted octanol–water partition coefficient (Wildman–Crippen LogP) is -2.63. The zero-order valence-electron chi connectivity index (χ0n) is 7.72. The molecule has 0 aromatic heterocycles. The van der Waals surface area contributed by atoms with Crippen LogP contribution < -0.4 is 27.2 Å². The SMILES string of the molecule is NC(N)=[NH+]C(N)=[NH+]c1cccc(Cl)c1Cl. The van der Waals surface area contributed by atoms with E-state index in [1.165, 1.54) is 0 Å². The van der Waals surface area contributed by atoms with Gasteiger partial charge < -0.3 is 0 Å². The second-order valence-electron chi connectivity index (χ2n) is 2.72. The third-order valence-corrected chi connectivity index (χ3v) is 2.32. The van der Waals surface area contributed by atoms with Gasteiger partial charge in [0, 0.05) is 0 Å². The molecule has 0 aliphatic heterocycles. The minimum absolute atomic E-state index is 0.0156. The van der Waals surface area contributed by atoms with Gasteiger partial charge in [0.05, 0.1) is 5.02 Å². The molecule has 0 heterocycles. The van der Waals surface area contributed by atoms with Crippen LogP contribution in [0.3, 0.4) is 0 Å². The molecule has 1 aromatic rings. The van der Waals surface area contributed by atoms with Crippen molar-refractivity contribution in [2.75, 3.05) is 0 Å². The minimum atomic E-state index is -0.0156. The summed E-state index contributed by atoms with van der Waals surface area (Å²) in [6, 6.07) is 5.12. The third-order valence-electron chi connectivity index (χ3n) is 1.50. The maximum atomic E-state index is 5.91. The lowest BCUT2D eigenvalue weighted by Crippen LogP contribution is -2.96. The van der Waals surface area contributed by atoms with Gasteiger partial charge >= 0.3 is 11.9 Å². The zero-order valence-corrected chi connectivity index (χ0v) is 9.23. The zero-order chi connectivity index (χ0) is 11.4. The van der Waals surface area contributed by atoms with Crippen LogP contribution in [-0.4, -0.2) is 11.9 Å². The van der Waals surface area contributed by atoms with Gasteiger partial charge in [-0.25, -0.2) is 4.99 Å². The van der Waals surface area contributed by atoms with E-state index in [1.807, 2.05) is 0 Å². The molecule has 0 aliphatic rings. The first kappa shape index (κ1) is 11.6.